The van der Waals surface area contributed by atoms with E-state index in [0.717, 1.165) is 0 Å². The predicted octanol–water partition coefficient (Wildman–Crippen LogP) is 1.51. The molecule has 0 fully saturated rings. The summed E-state index contributed by atoms with van der Waals surface area (Å²) in [4.78, 5) is 10.3. The van der Waals surface area contributed by atoms with Crippen LogP contribution < -0.4 is 0 Å². The van der Waals surface area contributed by atoms with Crippen LogP contribution in [0.5, 0.6) is 0 Å². The maximum absolute atomic E-state index is 10.3. The van der Waals surface area contributed by atoms with Gasteiger partial charge in [-0.1, -0.05) is 12.7 Å². The topological polar surface area (TPSA) is 26.3 Å². The Morgan fingerprint density at radius 3 is 2.70 bits per heavy atom. The third-order valence-electron chi connectivity index (χ3n) is 0.790. The zero-order valence-corrected chi connectivity index (χ0v) is 6.36. The average Bonchev–Trinajstić information content (AvgIpc) is 1.88. The van der Waals surface area contributed by atoms with Gasteiger partial charge in [-0.25, -0.2) is 0 Å². The van der Waals surface area contributed by atoms with E-state index in [2.05, 4.69) is 13.2 Å². The number of rotatable bonds is 5. The maximum atomic E-state index is 10.3. The SMILES string of the molecule is C=CCOCC(=C)C(=O)Cl. The molecule has 0 aliphatic rings. The molecule has 0 heterocycles. The van der Waals surface area contributed by atoms with Gasteiger partial charge in [-0.3, -0.25) is 4.79 Å². The summed E-state index contributed by atoms with van der Waals surface area (Å²) in [5.41, 5.74) is 0.267. The van der Waals surface area contributed by atoms with Crippen LogP contribution in [0.2, 0.25) is 0 Å². The zero-order valence-electron chi connectivity index (χ0n) is 5.60. The van der Waals surface area contributed by atoms with Crippen LogP contribution in [0, 0.1) is 0 Å². The van der Waals surface area contributed by atoms with Crippen LogP contribution >= 0.6 is 11.6 Å². The minimum atomic E-state index is -0.552. The molecule has 0 amide bonds. The fraction of sp³-hybridized carbons (Fsp3) is 0.286. The highest BCUT2D eigenvalue weighted by molar-refractivity contribution is 6.67. The first-order valence-electron chi connectivity index (χ1n) is 2.74. The van der Waals surface area contributed by atoms with Crippen LogP contribution in [0.15, 0.2) is 24.8 Å². The van der Waals surface area contributed by atoms with Crippen molar-refractivity contribution >= 4 is 16.8 Å². The van der Waals surface area contributed by atoms with E-state index in [0.29, 0.717) is 6.61 Å². The third-order valence-corrected chi connectivity index (χ3v) is 1.06. The molecule has 0 aliphatic heterocycles. The standard InChI is InChI=1S/C7H9ClO2/c1-3-4-10-5-6(2)7(8)9/h3H,1-2,4-5H2. The summed E-state index contributed by atoms with van der Waals surface area (Å²) in [6, 6.07) is 0. The first kappa shape index (κ1) is 9.40. The second-order valence-electron chi connectivity index (χ2n) is 1.68. The summed E-state index contributed by atoms with van der Waals surface area (Å²) in [5.74, 6) is 0. The van der Waals surface area contributed by atoms with E-state index in [1.165, 1.54) is 0 Å². The molecule has 0 aromatic rings. The number of hydrogen-bond acceptors (Lipinski definition) is 2. The minimum Gasteiger partial charge on any atom is -0.373 e. The lowest BCUT2D eigenvalue weighted by Crippen LogP contribution is -2.02. The largest absolute Gasteiger partial charge is 0.373 e. The molecule has 0 unspecified atom stereocenters. The summed E-state index contributed by atoms with van der Waals surface area (Å²) >= 11 is 5.06. The molecule has 0 radical (unpaired) electrons. The summed E-state index contributed by atoms with van der Waals surface area (Å²) < 4.78 is 4.88. The van der Waals surface area contributed by atoms with E-state index < -0.39 is 5.24 Å². The molecule has 0 atom stereocenters. The quantitative estimate of drug-likeness (QED) is 0.264. The maximum Gasteiger partial charge on any atom is 0.250 e. The number of ether oxygens (including phenoxy) is 1. The van der Waals surface area contributed by atoms with E-state index in [9.17, 15) is 4.79 Å². The first-order chi connectivity index (χ1) is 4.68. The Hall–Kier alpha value is -0.600. The van der Waals surface area contributed by atoms with Crippen molar-refractivity contribution in [1.29, 1.82) is 0 Å². The van der Waals surface area contributed by atoms with Crippen molar-refractivity contribution in [3.63, 3.8) is 0 Å². The second-order valence-corrected chi connectivity index (χ2v) is 2.02. The monoisotopic (exact) mass is 160 g/mol. The molecular formula is C7H9ClO2. The fourth-order valence-electron chi connectivity index (χ4n) is 0.322. The van der Waals surface area contributed by atoms with Gasteiger partial charge in [-0.05, 0) is 11.6 Å². The highest BCUT2D eigenvalue weighted by atomic mass is 35.5. The van der Waals surface area contributed by atoms with Crippen molar-refractivity contribution in [3.05, 3.63) is 24.8 Å². The molecule has 10 heavy (non-hydrogen) atoms. The summed E-state index contributed by atoms with van der Waals surface area (Å²) in [7, 11) is 0. The smallest absolute Gasteiger partial charge is 0.250 e. The minimum absolute atomic E-state index is 0.175. The van der Waals surface area contributed by atoms with Crippen molar-refractivity contribution < 1.29 is 9.53 Å². The molecule has 0 spiro atoms. The van der Waals surface area contributed by atoms with E-state index in [4.69, 9.17) is 16.3 Å². The molecule has 0 saturated heterocycles. The molecule has 56 valence electrons. The van der Waals surface area contributed by atoms with Gasteiger partial charge < -0.3 is 4.74 Å². The van der Waals surface area contributed by atoms with Gasteiger partial charge in [0.25, 0.3) is 0 Å². The molecule has 2 nitrogen and oxygen atoms in total. The van der Waals surface area contributed by atoms with Crippen LogP contribution in [0.25, 0.3) is 0 Å². The van der Waals surface area contributed by atoms with Gasteiger partial charge in [-0.15, -0.1) is 6.58 Å². The second kappa shape index (κ2) is 5.21. The summed E-state index contributed by atoms with van der Waals surface area (Å²) in [6.07, 6.45) is 1.59. The normalized spacial score (nSPS) is 8.90. The number of halogens is 1. The van der Waals surface area contributed by atoms with Gasteiger partial charge >= 0.3 is 0 Å². The van der Waals surface area contributed by atoms with Gasteiger partial charge in [0.1, 0.15) is 0 Å². The number of carbonyl (C=O) groups excluding carboxylic acids is 1. The third kappa shape index (κ3) is 4.30. The Morgan fingerprint density at radius 2 is 2.30 bits per heavy atom. The van der Waals surface area contributed by atoms with Gasteiger partial charge in [-0.2, -0.15) is 0 Å². The van der Waals surface area contributed by atoms with Gasteiger partial charge in [0.2, 0.25) is 5.24 Å². The van der Waals surface area contributed by atoms with Crippen molar-refractivity contribution in [2.75, 3.05) is 13.2 Å². The van der Waals surface area contributed by atoms with Gasteiger partial charge in [0.05, 0.1) is 13.2 Å². The molecule has 0 N–H and O–H groups in total. The zero-order chi connectivity index (χ0) is 7.98. The highest BCUT2D eigenvalue weighted by Gasteiger charge is 2.00. The Balaban J connectivity index is 3.40. The van der Waals surface area contributed by atoms with E-state index in [1.807, 2.05) is 0 Å². The van der Waals surface area contributed by atoms with Crippen molar-refractivity contribution in [3.8, 4) is 0 Å². The van der Waals surface area contributed by atoms with E-state index in [1.54, 1.807) is 6.08 Å². The van der Waals surface area contributed by atoms with Crippen LogP contribution in [0.1, 0.15) is 0 Å². The molecular weight excluding hydrogens is 152 g/mol. The molecule has 3 heteroatoms. The average molecular weight is 161 g/mol. The highest BCUT2D eigenvalue weighted by Crippen LogP contribution is 1.96. The fourth-order valence-corrected chi connectivity index (χ4v) is 0.377. The van der Waals surface area contributed by atoms with Crippen molar-refractivity contribution in [2.45, 2.75) is 0 Å². The van der Waals surface area contributed by atoms with E-state index >= 15 is 0 Å². The van der Waals surface area contributed by atoms with Crippen molar-refractivity contribution in [1.82, 2.24) is 0 Å². The summed E-state index contributed by atoms with van der Waals surface area (Å²) in [5, 5.41) is -0.552. The van der Waals surface area contributed by atoms with Crippen LogP contribution in [-0.2, 0) is 9.53 Å². The lowest BCUT2D eigenvalue weighted by Gasteiger charge is -1.98. The predicted molar refractivity (Wildman–Crippen MR) is 41.0 cm³/mol. The molecule has 0 aromatic carbocycles. The Labute approximate surface area is 65.1 Å². The Morgan fingerprint density at radius 1 is 1.70 bits per heavy atom. The summed E-state index contributed by atoms with van der Waals surface area (Å²) in [6.45, 7) is 7.40. The molecule has 0 aliphatic carbocycles. The molecule has 0 aromatic heterocycles. The van der Waals surface area contributed by atoms with Gasteiger partial charge in [0, 0.05) is 5.57 Å². The molecule has 0 bridgehead atoms. The lowest BCUT2D eigenvalue weighted by molar-refractivity contribution is -0.109. The number of hydrogen-bond donors (Lipinski definition) is 0. The Bertz CT molecular complexity index is 152. The number of carbonyl (C=O) groups is 1. The Kier molecular flexibility index (Phi) is 4.89. The molecule has 0 saturated carbocycles. The van der Waals surface area contributed by atoms with Gasteiger partial charge in [0.15, 0.2) is 0 Å². The van der Waals surface area contributed by atoms with Crippen LogP contribution in [0.4, 0.5) is 0 Å². The van der Waals surface area contributed by atoms with Crippen LogP contribution in [0.3, 0.4) is 0 Å². The van der Waals surface area contributed by atoms with Crippen molar-refractivity contribution in [2.24, 2.45) is 0 Å². The lowest BCUT2D eigenvalue weighted by atomic mass is 10.4. The first-order valence-corrected chi connectivity index (χ1v) is 3.12. The van der Waals surface area contributed by atoms with Crippen LogP contribution in [-0.4, -0.2) is 18.5 Å². The molecule has 0 rings (SSSR count). The van der Waals surface area contributed by atoms with E-state index in [-0.39, 0.29) is 12.2 Å².